The molecule has 4 aromatic carbocycles. The SMILES string of the molecule is Cc1ccccc1Cc1c(Cc2ccc(O)cc2)ccc2c1Cc1ccccc1-2. The first-order valence-corrected chi connectivity index (χ1v) is 10.2. The van der Waals surface area contributed by atoms with Crippen LogP contribution in [0.25, 0.3) is 11.1 Å². The molecular weight excluding hydrogens is 352 g/mol. The summed E-state index contributed by atoms with van der Waals surface area (Å²) in [4.78, 5) is 0. The lowest BCUT2D eigenvalue weighted by molar-refractivity contribution is 0.475. The topological polar surface area (TPSA) is 20.2 Å². The number of benzene rings is 4. The summed E-state index contributed by atoms with van der Waals surface area (Å²) in [5.41, 5.74) is 12.5. The van der Waals surface area contributed by atoms with Gasteiger partial charge in [0.05, 0.1) is 0 Å². The highest BCUT2D eigenvalue weighted by Crippen LogP contribution is 2.40. The molecule has 1 aliphatic carbocycles. The van der Waals surface area contributed by atoms with Crippen LogP contribution in [0.15, 0.2) is 84.9 Å². The van der Waals surface area contributed by atoms with E-state index >= 15 is 0 Å². The van der Waals surface area contributed by atoms with E-state index in [-0.39, 0.29) is 0 Å². The molecule has 1 heteroatoms. The third-order valence-corrected chi connectivity index (χ3v) is 6.16. The monoisotopic (exact) mass is 376 g/mol. The summed E-state index contributed by atoms with van der Waals surface area (Å²) in [7, 11) is 0. The predicted molar refractivity (Wildman–Crippen MR) is 120 cm³/mol. The summed E-state index contributed by atoms with van der Waals surface area (Å²) in [6.07, 6.45) is 2.85. The molecule has 0 aromatic heterocycles. The smallest absolute Gasteiger partial charge is 0.115 e. The van der Waals surface area contributed by atoms with Crippen LogP contribution in [-0.2, 0) is 19.3 Å². The molecule has 0 spiro atoms. The minimum Gasteiger partial charge on any atom is -0.508 e. The fraction of sp³-hybridized carbons (Fsp3) is 0.143. The molecule has 5 rings (SSSR count). The molecule has 0 aliphatic heterocycles. The van der Waals surface area contributed by atoms with E-state index in [9.17, 15) is 5.11 Å². The van der Waals surface area contributed by atoms with Gasteiger partial charge in [0.2, 0.25) is 0 Å². The average Bonchev–Trinajstić information content (AvgIpc) is 3.12. The molecule has 0 bridgehead atoms. The van der Waals surface area contributed by atoms with Crippen molar-refractivity contribution >= 4 is 0 Å². The second-order valence-corrected chi connectivity index (χ2v) is 8.01. The standard InChI is InChI=1S/C28H24O/c1-19-6-2-3-7-21(19)17-27-23(16-20-10-13-24(29)14-11-20)12-15-26-25-9-5-4-8-22(25)18-28(26)27/h2-15,29H,16-18H2,1H3. The molecular formula is C28H24O. The number of aromatic hydroxyl groups is 1. The van der Waals surface area contributed by atoms with Gasteiger partial charge in [0, 0.05) is 0 Å². The van der Waals surface area contributed by atoms with Crippen LogP contribution in [0.3, 0.4) is 0 Å². The fourth-order valence-electron chi connectivity index (χ4n) is 4.54. The lowest BCUT2D eigenvalue weighted by Gasteiger charge is -2.17. The first-order chi connectivity index (χ1) is 14.2. The van der Waals surface area contributed by atoms with Crippen molar-refractivity contribution in [3.8, 4) is 16.9 Å². The molecule has 0 saturated heterocycles. The van der Waals surface area contributed by atoms with E-state index in [0.29, 0.717) is 5.75 Å². The van der Waals surface area contributed by atoms with E-state index in [2.05, 4.69) is 67.6 Å². The summed E-state index contributed by atoms with van der Waals surface area (Å²) in [6, 6.07) is 29.7. The summed E-state index contributed by atoms with van der Waals surface area (Å²) in [5, 5.41) is 9.63. The van der Waals surface area contributed by atoms with Gasteiger partial charge in [-0.1, -0.05) is 72.8 Å². The molecule has 1 aliphatic rings. The minimum absolute atomic E-state index is 0.318. The van der Waals surface area contributed by atoms with Crippen LogP contribution >= 0.6 is 0 Å². The number of phenolic OH excluding ortho intramolecular Hbond substituents is 1. The fourth-order valence-corrected chi connectivity index (χ4v) is 4.54. The number of rotatable bonds is 4. The van der Waals surface area contributed by atoms with Crippen molar-refractivity contribution in [3.05, 3.63) is 124 Å². The van der Waals surface area contributed by atoms with Crippen LogP contribution in [0.2, 0.25) is 0 Å². The number of fused-ring (bicyclic) bond motifs is 3. The highest BCUT2D eigenvalue weighted by Gasteiger charge is 2.23. The Bertz CT molecular complexity index is 1190. The Balaban J connectivity index is 1.62. The van der Waals surface area contributed by atoms with E-state index in [0.717, 1.165) is 19.3 Å². The lowest BCUT2D eigenvalue weighted by Crippen LogP contribution is -2.03. The maximum atomic E-state index is 9.63. The van der Waals surface area contributed by atoms with Crippen LogP contribution in [-0.4, -0.2) is 5.11 Å². The van der Waals surface area contributed by atoms with E-state index < -0.39 is 0 Å². The van der Waals surface area contributed by atoms with E-state index in [1.165, 1.54) is 50.1 Å². The van der Waals surface area contributed by atoms with Gasteiger partial charge in [0.25, 0.3) is 0 Å². The zero-order valence-electron chi connectivity index (χ0n) is 16.7. The Labute approximate surface area is 172 Å². The van der Waals surface area contributed by atoms with Crippen molar-refractivity contribution in [1.29, 1.82) is 0 Å². The molecule has 0 atom stereocenters. The van der Waals surface area contributed by atoms with Crippen molar-refractivity contribution in [2.24, 2.45) is 0 Å². The number of hydrogen-bond donors (Lipinski definition) is 1. The predicted octanol–water partition coefficient (Wildman–Crippen LogP) is 6.45. The molecule has 4 aromatic rings. The van der Waals surface area contributed by atoms with Crippen LogP contribution in [0.4, 0.5) is 0 Å². The van der Waals surface area contributed by atoms with Crippen LogP contribution < -0.4 is 0 Å². The summed E-state index contributed by atoms with van der Waals surface area (Å²) in [5.74, 6) is 0.318. The van der Waals surface area contributed by atoms with Gasteiger partial charge in [0.15, 0.2) is 0 Å². The second kappa shape index (κ2) is 7.25. The van der Waals surface area contributed by atoms with Crippen molar-refractivity contribution in [3.63, 3.8) is 0 Å². The van der Waals surface area contributed by atoms with E-state index in [4.69, 9.17) is 0 Å². The molecule has 1 N–H and O–H groups in total. The Morgan fingerprint density at radius 3 is 2.28 bits per heavy atom. The summed E-state index contributed by atoms with van der Waals surface area (Å²) < 4.78 is 0. The highest BCUT2D eigenvalue weighted by molar-refractivity contribution is 5.78. The maximum Gasteiger partial charge on any atom is 0.115 e. The van der Waals surface area contributed by atoms with Gasteiger partial charge in [-0.3, -0.25) is 0 Å². The number of phenols is 1. The van der Waals surface area contributed by atoms with Crippen molar-refractivity contribution < 1.29 is 5.11 Å². The van der Waals surface area contributed by atoms with Gasteiger partial charge in [-0.15, -0.1) is 0 Å². The van der Waals surface area contributed by atoms with Gasteiger partial charge >= 0.3 is 0 Å². The highest BCUT2D eigenvalue weighted by atomic mass is 16.3. The molecule has 0 fully saturated rings. The van der Waals surface area contributed by atoms with Crippen LogP contribution in [0.1, 0.15) is 38.9 Å². The molecule has 0 unspecified atom stereocenters. The zero-order valence-corrected chi connectivity index (χ0v) is 16.7. The zero-order chi connectivity index (χ0) is 19.8. The first-order valence-electron chi connectivity index (χ1n) is 10.2. The second-order valence-electron chi connectivity index (χ2n) is 8.01. The van der Waals surface area contributed by atoms with Crippen molar-refractivity contribution in [1.82, 2.24) is 0 Å². The summed E-state index contributed by atoms with van der Waals surface area (Å²) >= 11 is 0. The maximum absolute atomic E-state index is 9.63. The molecule has 1 nitrogen and oxygen atoms in total. The Hall–Kier alpha value is -3.32. The van der Waals surface area contributed by atoms with Gasteiger partial charge in [-0.05, 0) is 88.4 Å². The molecule has 0 radical (unpaired) electrons. The molecule has 0 amide bonds. The average molecular weight is 376 g/mol. The normalized spacial score (nSPS) is 11.9. The molecule has 29 heavy (non-hydrogen) atoms. The third kappa shape index (κ3) is 3.34. The Kier molecular flexibility index (Phi) is 4.44. The first kappa shape index (κ1) is 17.8. The van der Waals surface area contributed by atoms with Gasteiger partial charge in [-0.2, -0.15) is 0 Å². The molecule has 0 saturated carbocycles. The number of hydrogen-bond acceptors (Lipinski definition) is 1. The Morgan fingerprint density at radius 1 is 0.690 bits per heavy atom. The minimum atomic E-state index is 0.318. The molecule has 142 valence electrons. The van der Waals surface area contributed by atoms with E-state index in [1.807, 2.05) is 12.1 Å². The van der Waals surface area contributed by atoms with Crippen molar-refractivity contribution in [2.45, 2.75) is 26.2 Å². The van der Waals surface area contributed by atoms with E-state index in [1.54, 1.807) is 12.1 Å². The number of aryl methyl sites for hydroxylation is 1. The lowest BCUT2D eigenvalue weighted by atomic mass is 9.88. The van der Waals surface area contributed by atoms with Crippen LogP contribution in [0, 0.1) is 6.92 Å². The largest absolute Gasteiger partial charge is 0.508 e. The summed E-state index contributed by atoms with van der Waals surface area (Å²) in [6.45, 7) is 2.20. The Morgan fingerprint density at radius 2 is 1.45 bits per heavy atom. The molecule has 0 heterocycles. The quantitative estimate of drug-likeness (QED) is 0.382. The third-order valence-electron chi connectivity index (χ3n) is 6.16. The van der Waals surface area contributed by atoms with Gasteiger partial charge in [0.1, 0.15) is 5.75 Å². The van der Waals surface area contributed by atoms with Gasteiger partial charge in [-0.25, -0.2) is 0 Å². The van der Waals surface area contributed by atoms with Crippen molar-refractivity contribution in [2.75, 3.05) is 0 Å². The van der Waals surface area contributed by atoms with Crippen LogP contribution in [0.5, 0.6) is 5.75 Å². The van der Waals surface area contributed by atoms with Gasteiger partial charge < -0.3 is 5.11 Å².